The first-order chi connectivity index (χ1) is 23.6. The molecule has 0 aliphatic carbocycles. The molecule has 0 saturated heterocycles. The van der Waals surface area contributed by atoms with E-state index in [4.69, 9.17) is 30.2 Å². The number of alkyl halides is 3. The summed E-state index contributed by atoms with van der Waals surface area (Å²) in [6.07, 6.45) is -4.61. The van der Waals surface area contributed by atoms with E-state index in [0.717, 1.165) is 18.2 Å². The Morgan fingerprint density at radius 2 is 1.55 bits per heavy atom. The van der Waals surface area contributed by atoms with Gasteiger partial charge in [0, 0.05) is 29.4 Å². The van der Waals surface area contributed by atoms with E-state index in [1.807, 2.05) is 0 Å². The van der Waals surface area contributed by atoms with Gasteiger partial charge in [0.25, 0.3) is 11.6 Å². The van der Waals surface area contributed by atoms with Gasteiger partial charge in [-0.3, -0.25) is 4.79 Å². The van der Waals surface area contributed by atoms with Crippen LogP contribution in [0, 0.1) is 0 Å². The fourth-order valence-electron chi connectivity index (χ4n) is 4.78. The number of nitrogens with zero attached hydrogens (tertiary/aromatic N) is 1. The molecule has 1 atom stereocenters. The molecule has 15 nitrogen and oxygen atoms in total. The van der Waals surface area contributed by atoms with Crippen LogP contribution in [0.2, 0.25) is 0 Å². The minimum atomic E-state index is -5.60. The highest BCUT2D eigenvalue weighted by Crippen LogP contribution is 2.38. The molecule has 0 fully saturated rings. The Morgan fingerprint density at radius 1 is 0.902 bits per heavy atom. The van der Waals surface area contributed by atoms with Crippen molar-refractivity contribution in [3.8, 4) is 11.5 Å². The zero-order valence-corrected chi connectivity index (χ0v) is 28.8. The quantitative estimate of drug-likeness (QED) is 0.0977. The van der Waals surface area contributed by atoms with Crippen LogP contribution in [0.1, 0.15) is 31.9 Å². The van der Waals surface area contributed by atoms with Gasteiger partial charge in [0.15, 0.2) is 11.5 Å². The summed E-state index contributed by atoms with van der Waals surface area (Å²) in [5.41, 5.74) is 2.28. The Balaban J connectivity index is 1.94. The molecule has 4 aromatic rings. The summed E-state index contributed by atoms with van der Waals surface area (Å²) in [6, 6.07) is 11.9. The number of nitrogens with one attached hydrogen (secondary N) is 2. The molecule has 274 valence electrons. The highest BCUT2D eigenvalue weighted by Gasteiger charge is 2.52. The number of halogens is 3. The number of fused-ring (bicyclic) bond motifs is 1. The average Bonchev–Trinajstić information content (AvgIpc) is 3.02. The Labute approximate surface area is 290 Å². The van der Waals surface area contributed by atoms with Crippen molar-refractivity contribution in [2.24, 2.45) is 10.3 Å². The number of rotatable bonds is 13. The van der Waals surface area contributed by atoms with Crippen molar-refractivity contribution in [3.05, 3.63) is 78.0 Å². The number of pyridine rings is 1. The van der Waals surface area contributed by atoms with Crippen molar-refractivity contribution < 1.29 is 53.8 Å². The number of ether oxygens (including phenoxy) is 3. The van der Waals surface area contributed by atoms with Crippen LogP contribution in [-0.2, 0) is 46.6 Å². The lowest BCUT2D eigenvalue weighted by atomic mass is 9.99. The van der Waals surface area contributed by atoms with Gasteiger partial charge in [-0.15, -0.1) is 0 Å². The number of amides is 1. The zero-order valence-electron chi connectivity index (χ0n) is 27.1. The van der Waals surface area contributed by atoms with Gasteiger partial charge in [-0.25, -0.2) is 36.9 Å². The van der Waals surface area contributed by atoms with Gasteiger partial charge in [0.1, 0.15) is 5.82 Å². The number of sulfonamides is 2. The monoisotopic (exact) mass is 754 g/mol. The molecule has 1 amide bonds. The number of anilines is 2. The largest absolute Gasteiger partial charge is 0.491 e. The molecule has 0 aliphatic rings. The molecule has 0 aliphatic heterocycles. The van der Waals surface area contributed by atoms with Crippen LogP contribution in [0.25, 0.3) is 10.8 Å². The maximum atomic E-state index is 14.3. The summed E-state index contributed by atoms with van der Waals surface area (Å²) >= 11 is 0. The summed E-state index contributed by atoms with van der Waals surface area (Å²) in [5, 5.41) is 16.2. The number of carbonyl (C=O) groups is 2. The fourth-order valence-corrected chi connectivity index (χ4v) is 6.07. The predicted molar refractivity (Wildman–Crippen MR) is 178 cm³/mol. The molecular formula is C31H33F3N6O9S2. The number of carbonyl (C=O) groups excluding carboxylic acids is 2. The third kappa shape index (κ3) is 9.14. The second-order valence-electron chi connectivity index (χ2n) is 11.2. The number of primary sulfonamides is 2. The Morgan fingerprint density at radius 3 is 2.12 bits per heavy atom. The topological polar surface area (TPSA) is 245 Å². The minimum absolute atomic E-state index is 0.0262. The molecule has 0 bridgehead atoms. The maximum Gasteiger partial charge on any atom is 0.491 e. The molecule has 1 aromatic heterocycles. The molecule has 1 unspecified atom stereocenters. The molecular weight excluding hydrogens is 722 g/mol. The van der Waals surface area contributed by atoms with Crippen LogP contribution in [0.5, 0.6) is 11.5 Å². The number of esters is 1. The van der Waals surface area contributed by atoms with E-state index in [1.54, 1.807) is 20.8 Å². The van der Waals surface area contributed by atoms with Gasteiger partial charge in [-0.2, -0.15) is 13.2 Å². The average molecular weight is 755 g/mol. The third-order valence-corrected chi connectivity index (χ3v) is 8.76. The number of hydrogen-bond donors (Lipinski definition) is 5. The molecule has 0 saturated carbocycles. The Hall–Kier alpha value is -5.18. The highest BCUT2D eigenvalue weighted by atomic mass is 32.2. The highest BCUT2D eigenvalue weighted by molar-refractivity contribution is 7.90. The first kappa shape index (κ1) is 38.6. The second-order valence-corrected chi connectivity index (χ2v) is 14.3. The lowest BCUT2D eigenvalue weighted by Gasteiger charge is -2.35. The Bertz CT molecular complexity index is 2150. The second kappa shape index (κ2) is 14.6. The van der Waals surface area contributed by atoms with Gasteiger partial charge in [-0.05, 0) is 92.4 Å². The molecule has 20 heteroatoms. The zero-order chi connectivity index (χ0) is 37.9. The van der Waals surface area contributed by atoms with Gasteiger partial charge < -0.3 is 30.6 Å². The molecule has 8 N–H and O–H groups in total. The van der Waals surface area contributed by atoms with E-state index in [2.05, 4.69) is 15.6 Å². The van der Waals surface area contributed by atoms with Crippen LogP contribution >= 0.6 is 0 Å². The van der Waals surface area contributed by atoms with E-state index >= 15 is 0 Å². The number of hydrogen-bond acceptors (Lipinski definition) is 12. The molecule has 0 radical (unpaired) electrons. The van der Waals surface area contributed by atoms with Crippen LogP contribution in [0.4, 0.5) is 24.7 Å². The van der Waals surface area contributed by atoms with Crippen LogP contribution in [-0.4, -0.2) is 52.6 Å². The normalized spacial score (nSPS) is 13.4. The smallest absolute Gasteiger partial charge is 0.490 e. The van der Waals surface area contributed by atoms with Crippen molar-refractivity contribution in [2.45, 2.75) is 55.1 Å². The minimum Gasteiger partial charge on any atom is -0.490 e. The number of benzene rings is 3. The lowest BCUT2D eigenvalue weighted by Crippen LogP contribution is -2.54. The number of aromatic nitrogens is 1. The first-order valence-corrected chi connectivity index (χ1v) is 17.9. The third-order valence-electron chi connectivity index (χ3n) is 6.98. The SMILES string of the molecule is CCOc1cc(C(Nc2ccc3c(N)nccc3c2)(OC(=O)C(F)(F)F)C(=O)NCc2cc(S(N)(=O)=O)cc(S(N)(=O)=O)c2)ccc1OC(C)C. The van der Waals surface area contributed by atoms with Gasteiger partial charge in [0.2, 0.25) is 20.0 Å². The van der Waals surface area contributed by atoms with E-state index < -0.39 is 60.2 Å². The first-order valence-electron chi connectivity index (χ1n) is 14.8. The summed E-state index contributed by atoms with van der Waals surface area (Å²) in [7, 11) is -9.03. The predicted octanol–water partition coefficient (Wildman–Crippen LogP) is 2.98. The van der Waals surface area contributed by atoms with E-state index in [0.29, 0.717) is 16.8 Å². The van der Waals surface area contributed by atoms with Crippen molar-refractivity contribution >= 4 is 54.2 Å². The molecule has 3 aromatic carbocycles. The van der Waals surface area contributed by atoms with Crippen molar-refractivity contribution in [1.29, 1.82) is 0 Å². The summed E-state index contributed by atoms with van der Waals surface area (Å²) in [6.45, 7) is 4.36. The fraction of sp³-hybridized carbons (Fsp3) is 0.258. The molecule has 51 heavy (non-hydrogen) atoms. The summed E-state index contributed by atoms with van der Waals surface area (Å²) < 4.78 is 107. The Kier molecular flexibility index (Phi) is 11.0. The van der Waals surface area contributed by atoms with Crippen molar-refractivity contribution in [2.75, 3.05) is 17.7 Å². The summed E-state index contributed by atoms with van der Waals surface area (Å²) in [4.78, 5) is 29.5. The van der Waals surface area contributed by atoms with Crippen LogP contribution < -0.4 is 36.1 Å². The van der Waals surface area contributed by atoms with E-state index in [9.17, 15) is 39.6 Å². The molecule has 4 rings (SSSR count). The number of nitrogens with two attached hydrogens (primary N) is 3. The molecule has 0 spiro atoms. The standard InChI is InChI=1S/C31H33F3N6O9S2/c1-4-47-26-14-20(5-8-25(26)48-17(2)3)30(49-29(42)31(32,33)34,40-21-6-7-24-19(13-21)9-10-38-27(24)35)28(41)39-16-18-11-22(50(36,43)44)15-23(12-18)51(37,45)46/h5-15,17,40H,4,16H2,1-3H3,(H2,35,38)(H,39,41)(H2,36,43,44)(H2,37,45,46). The van der Waals surface area contributed by atoms with Gasteiger partial charge in [0.05, 0.1) is 22.5 Å². The lowest BCUT2D eigenvalue weighted by molar-refractivity contribution is -0.213. The van der Waals surface area contributed by atoms with Crippen LogP contribution in [0.15, 0.2) is 76.7 Å². The summed E-state index contributed by atoms with van der Waals surface area (Å²) in [5.74, 6) is -3.94. The van der Waals surface area contributed by atoms with Gasteiger partial charge >= 0.3 is 12.1 Å². The maximum absolute atomic E-state index is 14.3. The van der Waals surface area contributed by atoms with E-state index in [-0.39, 0.29) is 46.8 Å². The molecule has 1 heterocycles. The van der Waals surface area contributed by atoms with E-state index in [1.165, 1.54) is 42.6 Å². The number of nitrogen functional groups attached to an aromatic ring is 1. The van der Waals surface area contributed by atoms with Crippen molar-refractivity contribution in [3.63, 3.8) is 0 Å². The van der Waals surface area contributed by atoms with Crippen molar-refractivity contribution in [1.82, 2.24) is 10.3 Å². The van der Waals surface area contributed by atoms with Crippen LogP contribution in [0.3, 0.4) is 0 Å². The van der Waals surface area contributed by atoms with Gasteiger partial charge in [-0.1, -0.05) is 0 Å².